The van der Waals surface area contributed by atoms with Crippen molar-refractivity contribution in [3.05, 3.63) is 0 Å². The van der Waals surface area contributed by atoms with Crippen molar-refractivity contribution < 1.29 is 24.4 Å². The SMILES string of the molecule is COCC(COCCO)OCCO. The lowest BCUT2D eigenvalue weighted by Gasteiger charge is -2.16. The van der Waals surface area contributed by atoms with E-state index in [2.05, 4.69) is 0 Å². The molecule has 0 bridgehead atoms. The lowest BCUT2D eigenvalue weighted by atomic mass is 10.4. The maximum atomic E-state index is 8.51. The number of aliphatic hydroxyl groups is 2. The van der Waals surface area contributed by atoms with Crippen LogP contribution in [0.3, 0.4) is 0 Å². The molecule has 0 amide bonds. The number of methoxy groups -OCH3 is 1. The van der Waals surface area contributed by atoms with Gasteiger partial charge in [0.1, 0.15) is 6.10 Å². The summed E-state index contributed by atoms with van der Waals surface area (Å²) in [5.74, 6) is 0. The summed E-state index contributed by atoms with van der Waals surface area (Å²) in [6.07, 6.45) is -0.177. The summed E-state index contributed by atoms with van der Waals surface area (Å²) < 4.78 is 15.1. The molecule has 0 aromatic heterocycles. The monoisotopic (exact) mass is 194 g/mol. The molecule has 0 aliphatic rings. The Hall–Kier alpha value is -0.200. The van der Waals surface area contributed by atoms with Gasteiger partial charge in [0.05, 0.1) is 39.6 Å². The molecule has 0 fully saturated rings. The van der Waals surface area contributed by atoms with Crippen LogP contribution in [0.5, 0.6) is 0 Å². The van der Waals surface area contributed by atoms with Crippen molar-refractivity contribution in [1.82, 2.24) is 0 Å². The summed E-state index contributed by atoms with van der Waals surface area (Å²) in [6.45, 7) is 1.35. The van der Waals surface area contributed by atoms with Crippen LogP contribution >= 0.6 is 0 Å². The first-order valence-electron chi connectivity index (χ1n) is 4.25. The molecule has 0 saturated carbocycles. The largest absolute Gasteiger partial charge is 0.394 e. The highest BCUT2D eigenvalue weighted by molar-refractivity contribution is 4.54. The third-order valence-electron chi connectivity index (χ3n) is 1.34. The number of aliphatic hydroxyl groups excluding tert-OH is 2. The number of hydrogen-bond donors (Lipinski definition) is 2. The summed E-state index contributed by atoms with van der Waals surface area (Å²) in [5.41, 5.74) is 0. The van der Waals surface area contributed by atoms with Gasteiger partial charge in [0.2, 0.25) is 0 Å². The van der Waals surface area contributed by atoms with Gasteiger partial charge in [0.25, 0.3) is 0 Å². The number of hydrogen-bond acceptors (Lipinski definition) is 5. The van der Waals surface area contributed by atoms with Gasteiger partial charge in [-0.25, -0.2) is 0 Å². The zero-order valence-electron chi connectivity index (χ0n) is 7.94. The first kappa shape index (κ1) is 12.8. The van der Waals surface area contributed by atoms with Crippen LogP contribution in [-0.4, -0.2) is 63.1 Å². The zero-order chi connectivity index (χ0) is 9.94. The maximum absolute atomic E-state index is 8.51. The summed E-state index contributed by atoms with van der Waals surface area (Å²) >= 11 is 0. The minimum atomic E-state index is -0.177. The van der Waals surface area contributed by atoms with Gasteiger partial charge in [0, 0.05) is 7.11 Å². The van der Waals surface area contributed by atoms with Crippen LogP contribution in [0, 0.1) is 0 Å². The van der Waals surface area contributed by atoms with Crippen molar-refractivity contribution >= 4 is 0 Å². The Morgan fingerprint density at radius 3 is 2.31 bits per heavy atom. The second-order valence-corrected chi connectivity index (χ2v) is 2.47. The smallest absolute Gasteiger partial charge is 0.104 e. The zero-order valence-corrected chi connectivity index (χ0v) is 7.94. The van der Waals surface area contributed by atoms with E-state index in [-0.39, 0.29) is 25.9 Å². The molecule has 0 radical (unpaired) electrons. The molecule has 0 saturated heterocycles. The van der Waals surface area contributed by atoms with Crippen molar-refractivity contribution in [2.24, 2.45) is 0 Å². The van der Waals surface area contributed by atoms with Crippen LogP contribution < -0.4 is 0 Å². The molecule has 2 N–H and O–H groups in total. The molecule has 0 spiro atoms. The molecule has 1 unspecified atom stereocenters. The van der Waals surface area contributed by atoms with Gasteiger partial charge in [-0.2, -0.15) is 0 Å². The molecule has 0 aliphatic heterocycles. The van der Waals surface area contributed by atoms with Gasteiger partial charge in [-0.05, 0) is 0 Å². The quantitative estimate of drug-likeness (QED) is 0.462. The molecule has 0 aromatic carbocycles. The summed E-state index contributed by atoms with van der Waals surface area (Å²) in [7, 11) is 1.57. The predicted octanol–water partition coefficient (Wildman–Crippen LogP) is -0.981. The van der Waals surface area contributed by atoms with Crippen molar-refractivity contribution in [3.8, 4) is 0 Å². The molecule has 0 aliphatic carbocycles. The van der Waals surface area contributed by atoms with Gasteiger partial charge in [-0.3, -0.25) is 0 Å². The minimum Gasteiger partial charge on any atom is -0.394 e. The second-order valence-electron chi connectivity index (χ2n) is 2.47. The van der Waals surface area contributed by atoms with Crippen LogP contribution in [0.1, 0.15) is 0 Å². The molecule has 5 nitrogen and oxygen atoms in total. The van der Waals surface area contributed by atoms with Crippen LogP contribution in [-0.2, 0) is 14.2 Å². The van der Waals surface area contributed by atoms with Crippen LogP contribution in [0.4, 0.5) is 0 Å². The lowest BCUT2D eigenvalue weighted by Crippen LogP contribution is -2.27. The predicted molar refractivity (Wildman–Crippen MR) is 46.6 cm³/mol. The van der Waals surface area contributed by atoms with Gasteiger partial charge >= 0.3 is 0 Å². The highest BCUT2D eigenvalue weighted by Crippen LogP contribution is 1.94. The molecular formula is C8H18O5. The first-order chi connectivity index (χ1) is 6.35. The third-order valence-corrected chi connectivity index (χ3v) is 1.34. The Morgan fingerprint density at radius 1 is 1.08 bits per heavy atom. The van der Waals surface area contributed by atoms with E-state index in [9.17, 15) is 0 Å². The van der Waals surface area contributed by atoms with E-state index >= 15 is 0 Å². The molecular weight excluding hydrogens is 176 g/mol. The van der Waals surface area contributed by atoms with Crippen molar-refractivity contribution in [2.75, 3.05) is 46.8 Å². The van der Waals surface area contributed by atoms with Crippen molar-refractivity contribution in [1.29, 1.82) is 0 Å². The minimum absolute atomic E-state index is 0.000295. The molecule has 13 heavy (non-hydrogen) atoms. The van der Waals surface area contributed by atoms with Gasteiger partial charge in [0.15, 0.2) is 0 Å². The van der Waals surface area contributed by atoms with Crippen LogP contribution in [0.15, 0.2) is 0 Å². The van der Waals surface area contributed by atoms with E-state index in [1.54, 1.807) is 7.11 Å². The lowest BCUT2D eigenvalue weighted by molar-refractivity contribution is -0.0627. The first-order valence-corrected chi connectivity index (χ1v) is 4.25. The summed E-state index contributed by atoms with van der Waals surface area (Å²) in [5, 5.41) is 17.0. The average molecular weight is 194 g/mol. The Balaban J connectivity index is 3.41. The van der Waals surface area contributed by atoms with E-state index in [0.29, 0.717) is 19.8 Å². The van der Waals surface area contributed by atoms with Crippen LogP contribution in [0.25, 0.3) is 0 Å². The summed E-state index contributed by atoms with van der Waals surface area (Å²) in [4.78, 5) is 0. The van der Waals surface area contributed by atoms with Gasteiger partial charge in [-0.15, -0.1) is 0 Å². The topological polar surface area (TPSA) is 68.2 Å². The number of rotatable bonds is 9. The standard InChI is InChI=1S/C8H18O5/c1-11-6-8(13-5-3-10)7-12-4-2-9/h8-10H,2-7H2,1H3. The third kappa shape index (κ3) is 8.14. The molecule has 0 heterocycles. The second kappa shape index (κ2) is 9.88. The molecule has 5 heteroatoms. The molecule has 0 rings (SSSR count). The highest BCUT2D eigenvalue weighted by Gasteiger charge is 2.08. The van der Waals surface area contributed by atoms with E-state index in [1.807, 2.05) is 0 Å². The molecule has 0 aromatic rings. The fraction of sp³-hybridized carbons (Fsp3) is 1.00. The Morgan fingerprint density at radius 2 is 1.77 bits per heavy atom. The molecule has 80 valence electrons. The van der Waals surface area contributed by atoms with Gasteiger partial charge < -0.3 is 24.4 Å². The van der Waals surface area contributed by atoms with E-state index in [1.165, 1.54) is 0 Å². The van der Waals surface area contributed by atoms with Gasteiger partial charge in [-0.1, -0.05) is 0 Å². The van der Waals surface area contributed by atoms with E-state index in [4.69, 9.17) is 24.4 Å². The Kier molecular flexibility index (Phi) is 9.73. The van der Waals surface area contributed by atoms with Crippen LogP contribution in [0.2, 0.25) is 0 Å². The van der Waals surface area contributed by atoms with E-state index < -0.39 is 0 Å². The maximum Gasteiger partial charge on any atom is 0.104 e. The van der Waals surface area contributed by atoms with Crippen molar-refractivity contribution in [3.63, 3.8) is 0 Å². The average Bonchev–Trinajstić information content (AvgIpc) is 2.14. The summed E-state index contributed by atoms with van der Waals surface area (Å²) in [6, 6.07) is 0. The van der Waals surface area contributed by atoms with Crippen molar-refractivity contribution in [2.45, 2.75) is 6.10 Å². The fourth-order valence-electron chi connectivity index (χ4n) is 0.829. The normalized spacial score (nSPS) is 13.2. The Labute approximate surface area is 78.2 Å². The Bertz CT molecular complexity index is 98.5. The highest BCUT2D eigenvalue weighted by atomic mass is 16.6. The number of ether oxygens (including phenoxy) is 3. The molecule has 1 atom stereocenters. The van der Waals surface area contributed by atoms with E-state index in [0.717, 1.165) is 0 Å². The fourth-order valence-corrected chi connectivity index (χ4v) is 0.829.